The summed E-state index contributed by atoms with van der Waals surface area (Å²) in [6.07, 6.45) is 11.3. The Balaban J connectivity index is 1.19. The van der Waals surface area contributed by atoms with E-state index in [4.69, 9.17) is 16.1 Å². The Kier molecular flexibility index (Phi) is 9.17. The molecule has 0 saturated carbocycles. The van der Waals surface area contributed by atoms with Crippen LogP contribution in [0.3, 0.4) is 0 Å². The number of hydrogen-bond acceptors (Lipinski definition) is 8. The van der Waals surface area contributed by atoms with Crippen LogP contribution in [0.15, 0.2) is 66.8 Å². The smallest absolute Gasteiger partial charge is 0.319 e. The van der Waals surface area contributed by atoms with Gasteiger partial charge < -0.3 is 14.5 Å². The summed E-state index contributed by atoms with van der Waals surface area (Å²) < 4.78 is 68.0. The minimum Gasteiger partial charge on any atom is -0.461 e. The van der Waals surface area contributed by atoms with E-state index in [0.717, 1.165) is 25.5 Å². The lowest BCUT2D eigenvalue weighted by Gasteiger charge is -2.33. The van der Waals surface area contributed by atoms with Crippen LogP contribution in [0.1, 0.15) is 43.9 Å². The first-order valence-corrected chi connectivity index (χ1v) is 18.0. The number of amides is 1. The molecule has 4 atom stereocenters. The topological polar surface area (TPSA) is 87.6 Å². The van der Waals surface area contributed by atoms with Crippen LogP contribution in [-0.2, 0) is 4.79 Å². The van der Waals surface area contributed by atoms with Crippen molar-refractivity contribution in [3.63, 3.8) is 0 Å². The number of ether oxygens (including phenoxy) is 1. The molecule has 9 nitrogen and oxygen atoms in total. The number of terminal acetylenes is 1. The van der Waals surface area contributed by atoms with Crippen LogP contribution in [-0.4, -0.2) is 92.7 Å². The van der Waals surface area contributed by atoms with E-state index in [2.05, 4.69) is 25.8 Å². The summed E-state index contributed by atoms with van der Waals surface area (Å²) in [5.41, 5.74) is -0.109. The zero-order chi connectivity index (χ0) is 37.7. The summed E-state index contributed by atoms with van der Waals surface area (Å²) in [6, 6.07) is 12.0. The fraction of sp³-hybridized carbons (Fsp3) is 0.341. The lowest BCUT2D eigenvalue weighted by Crippen LogP contribution is -2.44. The van der Waals surface area contributed by atoms with Gasteiger partial charge in [0.1, 0.15) is 35.6 Å². The molecule has 276 valence electrons. The van der Waals surface area contributed by atoms with Crippen LogP contribution in [0.5, 0.6) is 6.01 Å². The monoisotopic (exact) mass is 735 g/mol. The number of fused-ring (bicyclic) bond motifs is 3. The van der Waals surface area contributed by atoms with Gasteiger partial charge in [0, 0.05) is 62.0 Å². The van der Waals surface area contributed by atoms with Gasteiger partial charge in [0.25, 0.3) is 5.91 Å². The molecule has 5 aromatic rings. The Morgan fingerprint density at radius 2 is 1.98 bits per heavy atom. The maximum atomic E-state index is 17.0. The molecule has 0 N–H and O–H groups in total. The summed E-state index contributed by atoms with van der Waals surface area (Å²) in [6.45, 7) is 3.29. The number of aromatic nitrogens is 4. The normalized spacial score (nSPS) is 22.9. The number of halogens is 4. The highest BCUT2D eigenvalue weighted by molar-refractivity contribution is 6.02. The van der Waals surface area contributed by atoms with Gasteiger partial charge in [-0.2, -0.15) is 9.97 Å². The van der Waals surface area contributed by atoms with Crippen molar-refractivity contribution in [3.8, 4) is 29.6 Å². The maximum absolute atomic E-state index is 17.0. The highest BCUT2D eigenvalue weighted by atomic mass is 19.1. The molecule has 0 radical (unpaired) electrons. The zero-order valence-corrected chi connectivity index (χ0v) is 29.8. The second kappa shape index (κ2) is 14.0. The number of alkyl halides is 1. The van der Waals surface area contributed by atoms with E-state index in [9.17, 15) is 13.6 Å². The molecule has 3 saturated heterocycles. The molecule has 3 aliphatic rings. The van der Waals surface area contributed by atoms with Gasteiger partial charge in [-0.3, -0.25) is 19.7 Å². The molecular formula is C41H37F4N7O2. The third-order valence-electron chi connectivity index (χ3n) is 11.2. The predicted octanol–water partition coefficient (Wildman–Crippen LogP) is 6.89. The molecular weight excluding hydrogens is 698 g/mol. The zero-order valence-electron chi connectivity index (χ0n) is 29.8. The van der Waals surface area contributed by atoms with Crippen LogP contribution in [0.25, 0.3) is 39.0 Å². The van der Waals surface area contributed by atoms with Crippen molar-refractivity contribution in [3.05, 3.63) is 89.6 Å². The molecule has 0 spiro atoms. The van der Waals surface area contributed by atoms with Crippen molar-refractivity contribution in [2.45, 2.75) is 56.4 Å². The number of nitrogens with zero attached hydrogens (tertiary/aromatic N) is 7. The summed E-state index contributed by atoms with van der Waals surface area (Å²) in [7, 11) is 1.77. The van der Waals surface area contributed by atoms with Crippen molar-refractivity contribution < 1.29 is 27.1 Å². The van der Waals surface area contributed by atoms with E-state index >= 15 is 8.78 Å². The van der Waals surface area contributed by atoms with Crippen LogP contribution in [0.2, 0.25) is 0 Å². The SMILES string of the molecule is C#Cc1c(F)ccc2cccc(-c3ncc4c(N(C)C5CCN(C(=O)/C(F)=C/c6ccccn6)[C@H]5C)nc(OC[C@@]56CCCN5C[C@H](F)C6)nc4c3F)c12. The van der Waals surface area contributed by atoms with E-state index in [1.807, 2.05) is 11.8 Å². The van der Waals surface area contributed by atoms with Gasteiger partial charge in [0.15, 0.2) is 11.6 Å². The van der Waals surface area contributed by atoms with E-state index < -0.39 is 41.1 Å². The molecule has 54 heavy (non-hydrogen) atoms. The number of benzene rings is 2. The highest BCUT2D eigenvalue weighted by Gasteiger charge is 2.49. The minimum absolute atomic E-state index is 0.0136. The number of likely N-dealkylation sites (tertiary alicyclic amines) is 1. The average Bonchev–Trinajstić information content (AvgIpc) is 3.85. The first-order chi connectivity index (χ1) is 26.1. The molecule has 6 heterocycles. The largest absolute Gasteiger partial charge is 0.461 e. The highest BCUT2D eigenvalue weighted by Crippen LogP contribution is 2.41. The fourth-order valence-corrected chi connectivity index (χ4v) is 8.56. The van der Waals surface area contributed by atoms with Crippen molar-refractivity contribution in [2.75, 3.05) is 38.2 Å². The molecule has 3 fully saturated rings. The summed E-state index contributed by atoms with van der Waals surface area (Å²) in [4.78, 5) is 36.6. The van der Waals surface area contributed by atoms with Gasteiger partial charge in [-0.25, -0.2) is 17.6 Å². The van der Waals surface area contributed by atoms with Crippen LogP contribution in [0.4, 0.5) is 23.4 Å². The molecule has 1 amide bonds. The molecule has 13 heteroatoms. The third-order valence-corrected chi connectivity index (χ3v) is 11.2. The first-order valence-electron chi connectivity index (χ1n) is 18.0. The number of anilines is 1. The number of hydrogen-bond donors (Lipinski definition) is 0. The van der Waals surface area contributed by atoms with Crippen molar-refractivity contribution in [2.24, 2.45) is 0 Å². The number of rotatable bonds is 8. The lowest BCUT2D eigenvalue weighted by molar-refractivity contribution is -0.129. The molecule has 3 aliphatic heterocycles. The molecule has 8 rings (SSSR count). The Labute approximate surface area is 309 Å². The van der Waals surface area contributed by atoms with Gasteiger partial charge in [0.05, 0.1) is 28.2 Å². The van der Waals surface area contributed by atoms with E-state index in [1.165, 1.54) is 23.4 Å². The second-order valence-electron chi connectivity index (χ2n) is 14.3. The van der Waals surface area contributed by atoms with E-state index in [0.29, 0.717) is 35.9 Å². The lowest BCUT2D eigenvalue weighted by atomic mass is 9.95. The first kappa shape index (κ1) is 35.4. The standard InChI is InChI=1S/C41H37F4N7O2/c1-4-28-31(43)13-12-25-9-7-11-29(34(25)28)36-35(45)37-30(21-47-36)38(49-40(48-37)54-23-41-15-8-17-51(41)22-26(42)20-41)50(3)33-14-18-52(24(33)2)39(53)32(44)19-27-10-5-6-16-46-27/h1,5-7,9-13,16,19,21,24,26,33H,8,14-15,17-18,20,22-23H2,2-3H3/b32-19-/t24-,26+,33?,41-/m0/s1. The van der Waals surface area contributed by atoms with Gasteiger partial charge >= 0.3 is 6.01 Å². The predicted molar refractivity (Wildman–Crippen MR) is 198 cm³/mol. The maximum Gasteiger partial charge on any atom is 0.319 e. The number of likely N-dealkylation sites (N-methyl/N-ethyl adjacent to an activating group) is 1. The van der Waals surface area contributed by atoms with E-state index in [1.54, 1.807) is 49.5 Å². The molecule has 0 aliphatic carbocycles. The summed E-state index contributed by atoms with van der Waals surface area (Å²) in [5, 5.41) is 1.21. The van der Waals surface area contributed by atoms with Crippen LogP contribution in [0, 0.1) is 24.0 Å². The Bertz CT molecular complexity index is 2350. The Morgan fingerprint density at radius 1 is 1.13 bits per heavy atom. The third kappa shape index (κ3) is 6.08. The van der Waals surface area contributed by atoms with E-state index in [-0.39, 0.29) is 58.7 Å². The van der Waals surface area contributed by atoms with Gasteiger partial charge in [0.2, 0.25) is 0 Å². The number of pyridine rings is 2. The second-order valence-corrected chi connectivity index (χ2v) is 14.3. The molecule has 0 bridgehead atoms. The van der Waals surface area contributed by atoms with Gasteiger partial charge in [-0.15, -0.1) is 6.42 Å². The summed E-state index contributed by atoms with van der Waals surface area (Å²) >= 11 is 0. The fourth-order valence-electron chi connectivity index (χ4n) is 8.56. The Hall–Kier alpha value is -5.61. The van der Waals surface area contributed by atoms with Crippen molar-refractivity contribution >= 4 is 39.5 Å². The van der Waals surface area contributed by atoms with Gasteiger partial charge in [-0.1, -0.05) is 36.3 Å². The molecule has 2 aromatic carbocycles. The van der Waals surface area contributed by atoms with Crippen LogP contribution < -0.4 is 9.64 Å². The average molecular weight is 736 g/mol. The van der Waals surface area contributed by atoms with Crippen molar-refractivity contribution in [1.29, 1.82) is 0 Å². The summed E-state index contributed by atoms with van der Waals surface area (Å²) in [5.74, 6) is -0.425. The molecule has 1 unspecified atom stereocenters. The Morgan fingerprint density at radius 3 is 2.78 bits per heavy atom. The number of carbonyl (C=O) groups excluding carboxylic acids is 1. The quantitative estimate of drug-likeness (QED) is 0.0968. The number of carbonyl (C=O) groups is 1. The van der Waals surface area contributed by atoms with Crippen molar-refractivity contribution in [1.82, 2.24) is 29.7 Å². The van der Waals surface area contributed by atoms with Crippen LogP contribution >= 0.6 is 0 Å². The molecule has 3 aromatic heterocycles. The minimum atomic E-state index is -0.976. The van der Waals surface area contributed by atoms with Gasteiger partial charge in [-0.05, 0) is 56.3 Å².